The zero-order chi connectivity index (χ0) is 11.5. The van der Waals surface area contributed by atoms with Crippen molar-refractivity contribution in [1.82, 2.24) is 9.97 Å². The van der Waals surface area contributed by atoms with Crippen molar-refractivity contribution in [2.45, 2.75) is 19.9 Å². The normalized spacial score (nSPS) is 20.9. The van der Waals surface area contributed by atoms with Gasteiger partial charge in [-0.3, -0.25) is 5.43 Å². The van der Waals surface area contributed by atoms with Crippen LogP contribution in [0.15, 0.2) is 6.07 Å². The van der Waals surface area contributed by atoms with Crippen LogP contribution in [-0.2, 0) is 0 Å². The number of nitrogens with two attached hydrogens (primary N) is 1. The van der Waals surface area contributed by atoms with Gasteiger partial charge in [0.25, 0.3) is 0 Å². The van der Waals surface area contributed by atoms with Crippen LogP contribution in [0.3, 0.4) is 0 Å². The lowest BCUT2D eigenvalue weighted by Crippen LogP contribution is -2.41. The first-order valence-electron chi connectivity index (χ1n) is 5.37. The van der Waals surface area contributed by atoms with Crippen LogP contribution in [-0.4, -0.2) is 34.1 Å². The summed E-state index contributed by atoms with van der Waals surface area (Å²) in [6.07, 6.45) is 0. The standard InChI is InChI=1S/C10H17N5S/c1-7-5-9(13-10(12-7)14-11)15-3-4-16-6-8(15)2/h5,8H,3-4,6,11H2,1-2H3,(H,12,13,14). The van der Waals surface area contributed by atoms with Crippen molar-refractivity contribution in [2.75, 3.05) is 28.4 Å². The SMILES string of the molecule is Cc1cc(N2CCSCC2C)nc(NN)n1. The Morgan fingerprint density at radius 1 is 1.56 bits per heavy atom. The minimum atomic E-state index is 0.487. The highest BCUT2D eigenvalue weighted by molar-refractivity contribution is 7.99. The van der Waals surface area contributed by atoms with Gasteiger partial charge in [0.05, 0.1) is 0 Å². The van der Waals surface area contributed by atoms with Gasteiger partial charge in [-0.05, 0) is 13.8 Å². The number of anilines is 2. The first-order chi connectivity index (χ1) is 7.70. The summed E-state index contributed by atoms with van der Waals surface area (Å²) in [5.41, 5.74) is 3.44. The Hall–Kier alpha value is -1.01. The van der Waals surface area contributed by atoms with Crippen LogP contribution in [0.4, 0.5) is 11.8 Å². The predicted molar refractivity (Wildman–Crippen MR) is 68.7 cm³/mol. The quantitative estimate of drug-likeness (QED) is 0.593. The second kappa shape index (κ2) is 4.88. The van der Waals surface area contributed by atoms with Gasteiger partial charge in [-0.1, -0.05) is 0 Å². The number of aromatic nitrogens is 2. The first kappa shape index (κ1) is 11.5. The minimum absolute atomic E-state index is 0.487. The van der Waals surface area contributed by atoms with Crippen LogP contribution in [0.5, 0.6) is 0 Å². The fourth-order valence-corrected chi connectivity index (χ4v) is 2.84. The van der Waals surface area contributed by atoms with Crippen molar-refractivity contribution in [3.05, 3.63) is 11.8 Å². The maximum absolute atomic E-state index is 5.35. The molecule has 0 saturated carbocycles. The molecule has 0 aliphatic carbocycles. The van der Waals surface area contributed by atoms with Crippen molar-refractivity contribution >= 4 is 23.5 Å². The zero-order valence-corrected chi connectivity index (χ0v) is 10.4. The molecular weight excluding hydrogens is 222 g/mol. The number of rotatable bonds is 2. The zero-order valence-electron chi connectivity index (χ0n) is 9.60. The van der Waals surface area contributed by atoms with Crippen LogP contribution in [0, 0.1) is 6.92 Å². The molecule has 0 bridgehead atoms. The molecule has 2 rings (SSSR count). The molecule has 16 heavy (non-hydrogen) atoms. The number of thioether (sulfide) groups is 1. The molecule has 1 aliphatic heterocycles. The summed E-state index contributed by atoms with van der Waals surface area (Å²) >= 11 is 1.99. The third kappa shape index (κ3) is 2.38. The van der Waals surface area contributed by atoms with Crippen molar-refractivity contribution in [2.24, 2.45) is 5.84 Å². The van der Waals surface area contributed by atoms with E-state index in [4.69, 9.17) is 5.84 Å². The lowest BCUT2D eigenvalue weighted by Gasteiger charge is -2.34. The Balaban J connectivity index is 2.27. The van der Waals surface area contributed by atoms with Gasteiger partial charge in [0.15, 0.2) is 0 Å². The maximum Gasteiger partial charge on any atom is 0.239 e. The van der Waals surface area contributed by atoms with Gasteiger partial charge >= 0.3 is 0 Å². The molecule has 1 fully saturated rings. The molecule has 5 nitrogen and oxygen atoms in total. The van der Waals surface area contributed by atoms with Gasteiger partial charge in [0.2, 0.25) is 5.95 Å². The number of hydrogen-bond acceptors (Lipinski definition) is 6. The first-order valence-corrected chi connectivity index (χ1v) is 6.53. The van der Waals surface area contributed by atoms with Crippen LogP contribution in [0.25, 0.3) is 0 Å². The highest BCUT2D eigenvalue weighted by Crippen LogP contribution is 2.23. The van der Waals surface area contributed by atoms with Gasteiger partial charge in [0.1, 0.15) is 5.82 Å². The number of aryl methyl sites for hydroxylation is 1. The summed E-state index contributed by atoms with van der Waals surface area (Å²) in [7, 11) is 0. The maximum atomic E-state index is 5.35. The van der Waals surface area contributed by atoms with Gasteiger partial charge < -0.3 is 4.90 Å². The van der Waals surface area contributed by atoms with Gasteiger partial charge in [-0.25, -0.2) is 10.8 Å². The van der Waals surface area contributed by atoms with Crippen LogP contribution >= 0.6 is 11.8 Å². The Morgan fingerprint density at radius 3 is 3.06 bits per heavy atom. The molecule has 2 heterocycles. The molecule has 88 valence electrons. The molecule has 3 N–H and O–H groups in total. The third-order valence-electron chi connectivity index (χ3n) is 2.63. The molecule has 1 unspecified atom stereocenters. The Morgan fingerprint density at radius 2 is 2.38 bits per heavy atom. The summed E-state index contributed by atoms with van der Waals surface area (Å²) in [6, 6.07) is 2.52. The van der Waals surface area contributed by atoms with E-state index in [1.165, 1.54) is 0 Å². The van der Waals surface area contributed by atoms with Crippen molar-refractivity contribution in [3.8, 4) is 0 Å². The summed E-state index contributed by atoms with van der Waals surface area (Å²) < 4.78 is 0. The van der Waals surface area contributed by atoms with Crippen molar-refractivity contribution < 1.29 is 0 Å². The average molecular weight is 239 g/mol. The minimum Gasteiger partial charge on any atom is -0.352 e. The molecule has 0 spiro atoms. The molecule has 0 radical (unpaired) electrons. The molecule has 1 atom stereocenters. The fourth-order valence-electron chi connectivity index (χ4n) is 1.83. The summed E-state index contributed by atoms with van der Waals surface area (Å²) in [4.78, 5) is 10.9. The van der Waals surface area contributed by atoms with E-state index < -0.39 is 0 Å². The topological polar surface area (TPSA) is 67.1 Å². The lowest BCUT2D eigenvalue weighted by molar-refractivity contribution is 0.688. The Kier molecular flexibility index (Phi) is 3.50. The smallest absolute Gasteiger partial charge is 0.239 e. The van der Waals surface area contributed by atoms with Crippen LogP contribution in [0.1, 0.15) is 12.6 Å². The summed E-state index contributed by atoms with van der Waals surface area (Å²) in [5.74, 6) is 9.11. The predicted octanol–water partition coefficient (Wildman–Crippen LogP) is 1.01. The Bertz CT molecular complexity index is 370. The van der Waals surface area contributed by atoms with Gasteiger partial charge in [-0.2, -0.15) is 16.7 Å². The van der Waals surface area contributed by atoms with Crippen LogP contribution in [0.2, 0.25) is 0 Å². The number of hydrazine groups is 1. The molecule has 6 heteroatoms. The van der Waals surface area contributed by atoms with Crippen molar-refractivity contribution in [3.63, 3.8) is 0 Å². The average Bonchev–Trinajstić information content (AvgIpc) is 2.28. The van der Waals surface area contributed by atoms with Gasteiger partial charge in [-0.15, -0.1) is 0 Å². The molecule has 0 aromatic carbocycles. The Labute approximate surface area is 99.8 Å². The summed E-state index contributed by atoms with van der Waals surface area (Å²) in [5, 5.41) is 0. The van der Waals surface area contributed by atoms with Crippen LogP contribution < -0.4 is 16.2 Å². The van der Waals surface area contributed by atoms with E-state index in [0.29, 0.717) is 12.0 Å². The van der Waals surface area contributed by atoms with E-state index in [0.717, 1.165) is 29.6 Å². The summed E-state index contributed by atoms with van der Waals surface area (Å²) in [6.45, 7) is 5.21. The van der Waals surface area contributed by atoms with E-state index in [2.05, 4.69) is 27.2 Å². The van der Waals surface area contributed by atoms with E-state index in [9.17, 15) is 0 Å². The van der Waals surface area contributed by atoms with E-state index >= 15 is 0 Å². The molecule has 0 amide bonds. The molecule has 1 saturated heterocycles. The number of hydrogen-bond donors (Lipinski definition) is 2. The second-order valence-electron chi connectivity index (χ2n) is 3.95. The fraction of sp³-hybridized carbons (Fsp3) is 0.600. The van der Waals surface area contributed by atoms with Crippen molar-refractivity contribution in [1.29, 1.82) is 0 Å². The number of nitrogen functional groups attached to an aromatic ring is 1. The van der Waals surface area contributed by atoms with E-state index in [1.54, 1.807) is 0 Å². The van der Waals surface area contributed by atoms with E-state index in [-0.39, 0.29) is 0 Å². The second-order valence-corrected chi connectivity index (χ2v) is 5.10. The van der Waals surface area contributed by atoms with E-state index in [1.807, 2.05) is 24.8 Å². The highest BCUT2D eigenvalue weighted by atomic mass is 32.2. The molecule has 1 aliphatic rings. The largest absolute Gasteiger partial charge is 0.352 e. The lowest BCUT2D eigenvalue weighted by atomic mass is 10.3. The highest BCUT2D eigenvalue weighted by Gasteiger charge is 2.20. The number of nitrogens with one attached hydrogen (secondary N) is 1. The monoisotopic (exact) mass is 239 g/mol. The molecule has 1 aromatic heterocycles. The molecular formula is C10H17N5S. The third-order valence-corrected chi connectivity index (χ3v) is 3.82. The number of nitrogens with zero attached hydrogens (tertiary/aromatic N) is 3. The van der Waals surface area contributed by atoms with Gasteiger partial charge in [0, 0.05) is 35.9 Å². The molecule has 1 aromatic rings.